The molecule has 21 heavy (non-hydrogen) atoms. The Morgan fingerprint density at radius 3 is 2.57 bits per heavy atom. The molecule has 1 fully saturated rings. The highest BCUT2D eigenvalue weighted by atomic mass is 32.2. The van der Waals surface area contributed by atoms with Crippen LogP contribution < -0.4 is 0 Å². The second kappa shape index (κ2) is 5.95. The Labute approximate surface area is 125 Å². The number of aromatic nitrogens is 1. The predicted molar refractivity (Wildman–Crippen MR) is 81.2 cm³/mol. The van der Waals surface area contributed by atoms with Crippen molar-refractivity contribution in [2.24, 2.45) is 0 Å². The smallest absolute Gasteiger partial charge is 0.243 e. The van der Waals surface area contributed by atoms with Gasteiger partial charge in [0.1, 0.15) is 0 Å². The lowest BCUT2D eigenvalue weighted by Crippen LogP contribution is -2.38. The van der Waals surface area contributed by atoms with Crippen molar-refractivity contribution in [3.05, 3.63) is 60.4 Å². The van der Waals surface area contributed by atoms with Gasteiger partial charge in [0.15, 0.2) is 0 Å². The molecule has 1 aliphatic heterocycles. The highest BCUT2D eigenvalue weighted by Crippen LogP contribution is 2.34. The summed E-state index contributed by atoms with van der Waals surface area (Å²) in [6.07, 6.45) is 6.27. The van der Waals surface area contributed by atoms with Gasteiger partial charge in [0.2, 0.25) is 10.0 Å². The molecule has 110 valence electrons. The number of hydrogen-bond donors (Lipinski definition) is 0. The molecule has 0 saturated carbocycles. The molecule has 0 unspecified atom stereocenters. The molecule has 4 nitrogen and oxygen atoms in total. The molecule has 0 spiro atoms. The Morgan fingerprint density at radius 2 is 1.86 bits per heavy atom. The third-order valence-electron chi connectivity index (χ3n) is 3.87. The van der Waals surface area contributed by atoms with E-state index < -0.39 is 10.0 Å². The number of piperidine rings is 1. The lowest BCUT2D eigenvalue weighted by molar-refractivity contribution is 0.255. The van der Waals surface area contributed by atoms with E-state index in [4.69, 9.17) is 0 Å². The van der Waals surface area contributed by atoms with Gasteiger partial charge in [-0.1, -0.05) is 30.7 Å². The minimum Gasteiger partial charge on any atom is -0.264 e. The van der Waals surface area contributed by atoms with E-state index >= 15 is 0 Å². The molecule has 1 saturated heterocycles. The number of rotatable bonds is 3. The van der Waals surface area contributed by atoms with Crippen molar-refractivity contribution in [2.45, 2.75) is 30.2 Å². The van der Waals surface area contributed by atoms with Crippen LogP contribution in [0.5, 0.6) is 0 Å². The molecular formula is C16H18N2O2S. The normalized spacial score (nSPS) is 20.3. The van der Waals surface area contributed by atoms with Crippen LogP contribution in [0.3, 0.4) is 0 Å². The molecule has 2 heterocycles. The van der Waals surface area contributed by atoms with Crippen molar-refractivity contribution in [2.75, 3.05) is 6.54 Å². The largest absolute Gasteiger partial charge is 0.264 e. The topological polar surface area (TPSA) is 50.3 Å². The average molecular weight is 302 g/mol. The fourth-order valence-electron chi connectivity index (χ4n) is 2.83. The minimum absolute atomic E-state index is 0.113. The van der Waals surface area contributed by atoms with E-state index in [1.807, 2.05) is 18.2 Å². The highest BCUT2D eigenvalue weighted by molar-refractivity contribution is 7.89. The van der Waals surface area contributed by atoms with Crippen LogP contribution in [0.2, 0.25) is 0 Å². The first-order valence-electron chi connectivity index (χ1n) is 7.16. The molecule has 1 atom stereocenters. The maximum absolute atomic E-state index is 12.9. The molecular weight excluding hydrogens is 284 g/mol. The monoisotopic (exact) mass is 302 g/mol. The Balaban J connectivity index is 1.99. The van der Waals surface area contributed by atoms with Crippen molar-refractivity contribution >= 4 is 10.0 Å². The van der Waals surface area contributed by atoms with Gasteiger partial charge < -0.3 is 0 Å². The summed E-state index contributed by atoms with van der Waals surface area (Å²) < 4.78 is 27.4. The summed E-state index contributed by atoms with van der Waals surface area (Å²) >= 11 is 0. The Hall–Kier alpha value is -1.72. The first-order chi connectivity index (χ1) is 10.2. The molecule has 0 bridgehead atoms. The molecule has 1 aromatic heterocycles. The number of benzene rings is 1. The summed E-state index contributed by atoms with van der Waals surface area (Å²) in [7, 11) is -3.45. The van der Waals surface area contributed by atoms with Gasteiger partial charge in [-0.3, -0.25) is 4.98 Å². The van der Waals surface area contributed by atoms with Gasteiger partial charge in [-0.25, -0.2) is 8.42 Å². The second-order valence-corrected chi connectivity index (χ2v) is 7.12. The molecule has 1 aromatic carbocycles. The van der Waals surface area contributed by atoms with Gasteiger partial charge >= 0.3 is 0 Å². The SMILES string of the molecule is O=S(=O)(c1ccccc1)N1CCCC[C@@H]1c1cccnc1. The summed E-state index contributed by atoms with van der Waals surface area (Å²) in [5, 5.41) is 0. The van der Waals surface area contributed by atoms with E-state index in [9.17, 15) is 8.42 Å². The van der Waals surface area contributed by atoms with Gasteiger partial charge in [0.25, 0.3) is 0 Å². The van der Waals surface area contributed by atoms with Gasteiger partial charge in [-0.15, -0.1) is 0 Å². The molecule has 5 heteroatoms. The maximum Gasteiger partial charge on any atom is 0.243 e. The van der Waals surface area contributed by atoms with E-state index in [1.165, 1.54) is 0 Å². The van der Waals surface area contributed by atoms with Crippen molar-refractivity contribution in [3.63, 3.8) is 0 Å². The zero-order chi connectivity index (χ0) is 14.7. The standard InChI is InChI=1S/C16H18N2O2S/c19-21(20,15-8-2-1-3-9-15)18-12-5-4-10-16(18)14-7-6-11-17-13-14/h1-3,6-9,11,13,16H,4-5,10,12H2/t16-/m1/s1. The van der Waals surface area contributed by atoms with Crippen LogP contribution in [-0.4, -0.2) is 24.3 Å². The maximum atomic E-state index is 12.9. The molecule has 0 N–H and O–H groups in total. The van der Waals surface area contributed by atoms with Crippen LogP contribution in [-0.2, 0) is 10.0 Å². The van der Waals surface area contributed by atoms with Gasteiger partial charge in [0.05, 0.1) is 10.9 Å². The third-order valence-corrected chi connectivity index (χ3v) is 5.80. The Bertz CT molecular complexity index is 687. The average Bonchev–Trinajstić information content (AvgIpc) is 2.56. The molecule has 0 amide bonds. The van der Waals surface area contributed by atoms with Gasteiger partial charge in [-0.05, 0) is 36.6 Å². The Morgan fingerprint density at radius 1 is 1.05 bits per heavy atom. The lowest BCUT2D eigenvalue weighted by Gasteiger charge is -2.34. The summed E-state index contributed by atoms with van der Waals surface area (Å²) in [5.41, 5.74) is 0.969. The van der Waals surface area contributed by atoms with Crippen LogP contribution >= 0.6 is 0 Å². The van der Waals surface area contributed by atoms with Gasteiger partial charge in [0, 0.05) is 18.9 Å². The van der Waals surface area contributed by atoms with Crippen molar-refractivity contribution in [1.82, 2.24) is 9.29 Å². The molecule has 2 aromatic rings. The molecule has 0 radical (unpaired) electrons. The van der Waals surface area contributed by atoms with Crippen molar-refractivity contribution in [3.8, 4) is 0 Å². The van der Waals surface area contributed by atoms with Crippen LogP contribution in [0.15, 0.2) is 59.8 Å². The quantitative estimate of drug-likeness (QED) is 0.875. The number of pyridine rings is 1. The number of sulfonamides is 1. The minimum atomic E-state index is -3.45. The summed E-state index contributed by atoms with van der Waals surface area (Å²) in [4.78, 5) is 4.49. The van der Waals surface area contributed by atoms with E-state index in [0.717, 1.165) is 24.8 Å². The zero-order valence-electron chi connectivity index (χ0n) is 11.7. The fourth-order valence-corrected chi connectivity index (χ4v) is 4.53. The first kappa shape index (κ1) is 14.2. The summed E-state index contributed by atoms with van der Waals surface area (Å²) in [5.74, 6) is 0. The fraction of sp³-hybridized carbons (Fsp3) is 0.312. The second-order valence-electron chi connectivity index (χ2n) is 5.23. The molecule has 0 aliphatic carbocycles. The molecule has 1 aliphatic rings. The van der Waals surface area contributed by atoms with Crippen LogP contribution in [0.25, 0.3) is 0 Å². The van der Waals surface area contributed by atoms with Crippen LogP contribution in [0.4, 0.5) is 0 Å². The third kappa shape index (κ3) is 2.84. The number of nitrogens with zero attached hydrogens (tertiary/aromatic N) is 2. The number of hydrogen-bond acceptors (Lipinski definition) is 3. The summed E-state index contributed by atoms with van der Waals surface area (Å²) in [6, 6.07) is 12.4. The van der Waals surface area contributed by atoms with E-state index in [1.54, 1.807) is 41.0 Å². The van der Waals surface area contributed by atoms with Crippen molar-refractivity contribution < 1.29 is 8.42 Å². The molecule has 3 rings (SSSR count). The lowest BCUT2D eigenvalue weighted by atomic mass is 9.99. The first-order valence-corrected chi connectivity index (χ1v) is 8.60. The van der Waals surface area contributed by atoms with Crippen molar-refractivity contribution in [1.29, 1.82) is 0 Å². The Kier molecular flexibility index (Phi) is 4.03. The predicted octanol–water partition coefficient (Wildman–Crippen LogP) is 3.00. The highest BCUT2D eigenvalue weighted by Gasteiger charge is 2.34. The van der Waals surface area contributed by atoms with E-state index in [-0.39, 0.29) is 6.04 Å². The van der Waals surface area contributed by atoms with E-state index in [0.29, 0.717) is 11.4 Å². The van der Waals surface area contributed by atoms with Crippen LogP contribution in [0.1, 0.15) is 30.9 Å². The van der Waals surface area contributed by atoms with E-state index in [2.05, 4.69) is 4.98 Å². The van der Waals surface area contributed by atoms with Crippen LogP contribution in [0, 0.1) is 0 Å². The summed E-state index contributed by atoms with van der Waals surface area (Å²) in [6.45, 7) is 0.566. The zero-order valence-corrected chi connectivity index (χ0v) is 12.5. The van der Waals surface area contributed by atoms with Gasteiger partial charge in [-0.2, -0.15) is 4.31 Å².